The molecule has 0 fully saturated rings. The summed E-state index contributed by atoms with van der Waals surface area (Å²) in [6.45, 7) is 0.462. The quantitative estimate of drug-likeness (QED) is 0.601. The van der Waals surface area contributed by atoms with Crippen LogP contribution in [0.2, 0.25) is 0 Å². The van der Waals surface area contributed by atoms with Crippen molar-refractivity contribution in [3.63, 3.8) is 0 Å². The van der Waals surface area contributed by atoms with E-state index in [9.17, 15) is 9.18 Å². The molecule has 6 heteroatoms. The number of benzene rings is 1. The molecule has 1 N–H and O–H groups in total. The number of carbonyl (C=O) groups excluding carboxylic acids is 1. The van der Waals surface area contributed by atoms with Crippen LogP contribution >= 0.6 is 22.6 Å². The van der Waals surface area contributed by atoms with E-state index >= 15 is 0 Å². The molecule has 2 aromatic rings. The Morgan fingerprint density at radius 2 is 2.09 bits per heavy atom. The van der Waals surface area contributed by atoms with Gasteiger partial charge in [0.25, 0.3) is 0 Å². The van der Waals surface area contributed by atoms with Gasteiger partial charge in [0.2, 0.25) is 5.95 Å². The number of hydrogen-bond donors (Lipinski definition) is 1. The second kappa shape index (κ2) is 8.47. The number of pyridine rings is 1. The van der Waals surface area contributed by atoms with Crippen LogP contribution in [0.4, 0.5) is 9.18 Å². The van der Waals surface area contributed by atoms with Crippen LogP contribution in [0.15, 0.2) is 48.7 Å². The third-order valence-corrected chi connectivity index (χ3v) is 3.69. The molecule has 22 heavy (non-hydrogen) atoms. The van der Waals surface area contributed by atoms with Crippen molar-refractivity contribution >= 4 is 34.8 Å². The average molecular weight is 412 g/mol. The topological polar surface area (TPSA) is 51.2 Å². The Kier molecular flexibility index (Phi) is 6.32. The lowest BCUT2D eigenvalue weighted by Crippen LogP contribution is -2.24. The van der Waals surface area contributed by atoms with Crippen molar-refractivity contribution in [1.29, 1.82) is 0 Å². The molecule has 1 aromatic carbocycles. The van der Waals surface area contributed by atoms with Crippen molar-refractivity contribution in [2.75, 3.05) is 6.54 Å². The van der Waals surface area contributed by atoms with Crippen molar-refractivity contribution in [3.05, 3.63) is 69.3 Å². The number of carbonyl (C=O) groups is 1. The van der Waals surface area contributed by atoms with Crippen molar-refractivity contribution < 1.29 is 13.9 Å². The van der Waals surface area contributed by atoms with E-state index < -0.39 is 12.0 Å². The highest BCUT2D eigenvalue weighted by molar-refractivity contribution is 14.1. The molecule has 0 saturated heterocycles. The summed E-state index contributed by atoms with van der Waals surface area (Å²) < 4.78 is 19.3. The van der Waals surface area contributed by atoms with Crippen molar-refractivity contribution in [3.8, 4) is 0 Å². The zero-order chi connectivity index (χ0) is 15.8. The minimum absolute atomic E-state index is 0.214. The van der Waals surface area contributed by atoms with Crippen LogP contribution < -0.4 is 5.32 Å². The highest BCUT2D eigenvalue weighted by Crippen LogP contribution is 2.15. The van der Waals surface area contributed by atoms with Gasteiger partial charge in [0, 0.05) is 21.9 Å². The monoisotopic (exact) mass is 412 g/mol. The van der Waals surface area contributed by atoms with E-state index in [2.05, 4.69) is 10.3 Å². The number of aromatic nitrogens is 1. The number of nitrogens with zero attached hydrogens (tertiary/aromatic N) is 1. The molecule has 1 amide bonds. The molecular formula is C16H14FIN2O2. The molecule has 0 saturated carbocycles. The smallest absolute Gasteiger partial charge is 0.407 e. The fourth-order valence-electron chi connectivity index (χ4n) is 1.67. The standard InChI is InChI=1S/C16H14FIN2O2/c17-15-13(14(18)8-10-19-15)7-4-9-20-16(21)22-11-12-5-2-1-3-6-12/h1-8,10H,9,11H2,(H,20,21). The third-order valence-electron chi connectivity index (χ3n) is 2.75. The number of ether oxygens (including phenoxy) is 1. The zero-order valence-electron chi connectivity index (χ0n) is 11.6. The first-order chi connectivity index (χ1) is 10.7. The van der Waals surface area contributed by atoms with Gasteiger partial charge < -0.3 is 10.1 Å². The largest absolute Gasteiger partial charge is 0.445 e. The maximum Gasteiger partial charge on any atom is 0.407 e. The van der Waals surface area contributed by atoms with E-state index in [1.165, 1.54) is 6.20 Å². The summed E-state index contributed by atoms with van der Waals surface area (Å²) in [5, 5.41) is 2.57. The van der Waals surface area contributed by atoms with Gasteiger partial charge in [0.1, 0.15) is 6.61 Å². The van der Waals surface area contributed by atoms with E-state index in [0.29, 0.717) is 5.56 Å². The van der Waals surface area contributed by atoms with Crippen LogP contribution in [0.25, 0.3) is 6.08 Å². The summed E-state index contributed by atoms with van der Waals surface area (Å²) in [5.74, 6) is -0.533. The summed E-state index contributed by atoms with van der Waals surface area (Å²) in [6, 6.07) is 11.1. The Hall–Kier alpha value is -1.96. The highest BCUT2D eigenvalue weighted by atomic mass is 127. The number of nitrogens with one attached hydrogen (secondary N) is 1. The van der Waals surface area contributed by atoms with E-state index in [0.717, 1.165) is 9.13 Å². The Balaban J connectivity index is 1.76. The fraction of sp³-hybridized carbons (Fsp3) is 0.125. The molecule has 2 rings (SSSR count). The second-order valence-corrected chi connectivity index (χ2v) is 5.50. The summed E-state index contributed by atoms with van der Waals surface area (Å²) in [6.07, 6.45) is 4.12. The van der Waals surface area contributed by atoms with Gasteiger partial charge in [-0.05, 0) is 34.2 Å². The van der Waals surface area contributed by atoms with E-state index in [-0.39, 0.29) is 13.2 Å². The lowest BCUT2D eigenvalue weighted by atomic mass is 10.2. The van der Waals surface area contributed by atoms with Crippen molar-refractivity contribution in [2.45, 2.75) is 6.61 Å². The Morgan fingerprint density at radius 1 is 1.32 bits per heavy atom. The molecule has 1 heterocycles. The van der Waals surface area contributed by atoms with E-state index in [1.807, 2.05) is 52.9 Å². The second-order valence-electron chi connectivity index (χ2n) is 4.34. The molecule has 0 aliphatic heterocycles. The van der Waals surface area contributed by atoms with Crippen molar-refractivity contribution in [2.24, 2.45) is 0 Å². The molecule has 114 valence electrons. The normalized spacial score (nSPS) is 10.6. The molecule has 0 radical (unpaired) electrons. The van der Waals surface area contributed by atoms with Gasteiger partial charge in [0.05, 0.1) is 0 Å². The molecule has 0 unspecified atom stereocenters. The Labute approximate surface area is 141 Å². The summed E-state index contributed by atoms with van der Waals surface area (Å²) >= 11 is 2.03. The van der Waals surface area contributed by atoms with Crippen LogP contribution in [0.3, 0.4) is 0 Å². The predicted octanol–water partition coefficient (Wildman–Crippen LogP) is 3.76. The zero-order valence-corrected chi connectivity index (χ0v) is 13.8. The van der Waals surface area contributed by atoms with Gasteiger partial charge in [-0.1, -0.05) is 42.5 Å². The highest BCUT2D eigenvalue weighted by Gasteiger charge is 2.04. The Morgan fingerprint density at radius 3 is 2.82 bits per heavy atom. The first-order valence-electron chi connectivity index (χ1n) is 6.58. The van der Waals surface area contributed by atoms with Gasteiger partial charge in [-0.2, -0.15) is 4.39 Å². The molecule has 1 aromatic heterocycles. The lowest BCUT2D eigenvalue weighted by molar-refractivity contribution is 0.141. The van der Waals surface area contributed by atoms with Crippen LogP contribution in [0.1, 0.15) is 11.1 Å². The molecule has 4 nitrogen and oxygen atoms in total. The van der Waals surface area contributed by atoms with Gasteiger partial charge in [-0.15, -0.1) is 0 Å². The lowest BCUT2D eigenvalue weighted by Gasteiger charge is -2.05. The first-order valence-corrected chi connectivity index (χ1v) is 7.66. The maximum absolute atomic E-state index is 13.5. The van der Waals surface area contributed by atoms with Gasteiger partial charge >= 0.3 is 6.09 Å². The van der Waals surface area contributed by atoms with Crippen LogP contribution in [-0.2, 0) is 11.3 Å². The van der Waals surface area contributed by atoms with Gasteiger partial charge in [-0.25, -0.2) is 9.78 Å². The Bertz CT molecular complexity index is 642. The van der Waals surface area contributed by atoms with Gasteiger partial charge in [-0.3, -0.25) is 0 Å². The number of hydrogen-bond acceptors (Lipinski definition) is 3. The molecule has 0 aliphatic rings. The molecular weight excluding hydrogens is 398 g/mol. The van der Waals surface area contributed by atoms with Gasteiger partial charge in [0.15, 0.2) is 0 Å². The fourth-order valence-corrected chi connectivity index (χ4v) is 2.23. The van der Waals surface area contributed by atoms with Crippen LogP contribution in [0.5, 0.6) is 0 Å². The minimum Gasteiger partial charge on any atom is -0.445 e. The number of alkyl carbamates (subject to hydrolysis) is 1. The van der Waals surface area contributed by atoms with E-state index in [4.69, 9.17) is 4.74 Å². The summed E-state index contributed by atoms with van der Waals surface area (Å²) in [4.78, 5) is 15.1. The summed E-state index contributed by atoms with van der Waals surface area (Å²) in [5.41, 5.74) is 1.32. The number of amides is 1. The number of rotatable bonds is 5. The predicted molar refractivity (Wildman–Crippen MR) is 90.6 cm³/mol. The molecule has 0 atom stereocenters. The average Bonchev–Trinajstić information content (AvgIpc) is 2.53. The van der Waals surface area contributed by atoms with E-state index in [1.54, 1.807) is 18.2 Å². The SMILES string of the molecule is O=C(NCC=Cc1c(I)ccnc1F)OCc1ccccc1. The van der Waals surface area contributed by atoms with Crippen molar-refractivity contribution in [1.82, 2.24) is 10.3 Å². The molecule has 0 spiro atoms. The van der Waals surface area contributed by atoms with Crippen LogP contribution in [0, 0.1) is 9.52 Å². The number of halogens is 2. The summed E-state index contributed by atoms with van der Waals surface area (Å²) in [7, 11) is 0. The minimum atomic E-state index is -0.533. The maximum atomic E-state index is 13.5. The first kappa shape index (κ1) is 16.4. The molecule has 0 aliphatic carbocycles. The van der Waals surface area contributed by atoms with Crippen LogP contribution in [-0.4, -0.2) is 17.6 Å². The third kappa shape index (κ3) is 5.10. The molecule has 0 bridgehead atoms.